The number of hydrogen-bond donors (Lipinski definition) is 1. The molecule has 0 aliphatic carbocycles. The van der Waals surface area contributed by atoms with Crippen LogP contribution < -0.4 is 5.73 Å². The monoisotopic (exact) mass is 242 g/mol. The number of urea groups is 1. The van der Waals surface area contributed by atoms with Crippen molar-refractivity contribution in [2.24, 2.45) is 10.9 Å². The Labute approximate surface area is 98.6 Å². The van der Waals surface area contributed by atoms with E-state index in [-0.39, 0.29) is 6.54 Å². The second kappa shape index (κ2) is 8.06. The van der Waals surface area contributed by atoms with Crippen molar-refractivity contribution < 1.29 is 19.2 Å². The molecule has 0 spiro atoms. The minimum Gasteiger partial charge on any atom is -0.398 e. The lowest BCUT2D eigenvalue weighted by molar-refractivity contribution is -0.121. The van der Waals surface area contributed by atoms with Crippen LogP contribution in [-0.4, -0.2) is 49.9 Å². The predicted octanol–water partition coefficient (Wildman–Crippen LogP) is -0.544. The molecule has 0 radical (unpaired) electrons. The van der Waals surface area contributed by atoms with Gasteiger partial charge in [-0.3, -0.25) is 9.69 Å². The maximum atomic E-state index is 11.7. The fourth-order valence-corrected chi connectivity index (χ4v) is 1.01. The quantitative estimate of drug-likeness (QED) is 0.381. The maximum absolute atomic E-state index is 11.7. The summed E-state index contributed by atoms with van der Waals surface area (Å²) in [6, 6.07) is 0.570. The number of imide groups is 1. The van der Waals surface area contributed by atoms with Gasteiger partial charge in [0.1, 0.15) is 13.2 Å². The minimum absolute atomic E-state index is 0.0480. The number of carbonyl (C=O) groups is 2. The highest BCUT2D eigenvalue weighted by Crippen LogP contribution is 1.96. The molecule has 0 heterocycles. The number of oxime groups is 1. The van der Waals surface area contributed by atoms with Gasteiger partial charge in [0.15, 0.2) is 0 Å². The summed E-state index contributed by atoms with van der Waals surface area (Å²) < 4.78 is 4.78. The Hall–Kier alpha value is -2.14. The summed E-state index contributed by atoms with van der Waals surface area (Å²) in [5.41, 5.74) is 4.49. The van der Waals surface area contributed by atoms with Crippen LogP contribution in [-0.2, 0) is 14.4 Å². The van der Waals surface area contributed by atoms with Crippen molar-refractivity contribution in [1.29, 1.82) is 5.26 Å². The number of primary amides is 1. The second-order valence-electron chi connectivity index (χ2n) is 2.88. The summed E-state index contributed by atoms with van der Waals surface area (Å²) in [6.45, 7) is 0.410. The van der Waals surface area contributed by atoms with Crippen molar-refractivity contribution in [2.75, 3.05) is 27.4 Å². The Morgan fingerprint density at radius 3 is 2.53 bits per heavy atom. The summed E-state index contributed by atoms with van der Waals surface area (Å²) >= 11 is 0. The van der Waals surface area contributed by atoms with Crippen LogP contribution in [0.2, 0.25) is 0 Å². The van der Waals surface area contributed by atoms with Gasteiger partial charge in [-0.2, -0.15) is 5.26 Å². The molecule has 0 atom stereocenters. The average Bonchev–Trinajstić information content (AvgIpc) is 2.30. The molecule has 8 nitrogen and oxygen atoms in total. The van der Waals surface area contributed by atoms with Crippen LogP contribution in [0.15, 0.2) is 5.16 Å². The molecular weight excluding hydrogens is 228 g/mol. The Balaban J connectivity index is 4.71. The number of hydrogen-bond acceptors (Lipinski definition) is 6. The number of nitrogens with zero attached hydrogens (tertiary/aromatic N) is 3. The summed E-state index contributed by atoms with van der Waals surface area (Å²) in [7, 11) is 2.67. The van der Waals surface area contributed by atoms with Gasteiger partial charge in [0.2, 0.25) is 5.71 Å². The Morgan fingerprint density at radius 2 is 2.12 bits per heavy atom. The van der Waals surface area contributed by atoms with Gasteiger partial charge in [-0.1, -0.05) is 5.16 Å². The zero-order chi connectivity index (χ0) is 13.3. The van der Waals surface area contributed by atoms with Gasteiger partial charge in [-0.15, -0.1) is 0 Å². The van der Waals surface area contributed by atoms with E-state index < -0.39 is 17.6 Å². The summed E-state index contributed by atoms with van der Waals surface area (Å²) in [5, 5.41) is 11.8. The van der Waals surface area contributed by atoms with Crippen LogP contribution in [0.25, 0.3) is 0 Å². The smallest absolute Gasteiger partial charge is 0.321 e. The van der Waals surface area contributed by atoms with Crippen LogP contribution in [0.3, 0.4) is 0 Å². The summed E-state index contributed by atoms with van der Waals surface area (Å²) in [6.07, 6.45) is 0.414. The van der Waals surface area contributed by atoms with Crippen molar-refractivity contribution in [1.82, 2.24) is 4.90 Å². The third kappa shape index (κ3) is 4.94. The Bertz CT molecular complexity index is 347. The number of carbonyl (C=O) groups excluding carboxylic acids is 2. The van der Waals surface area contributed by atoms with Crippen LogP contribution >= 0.6 is 0 Å². The number of nitrogens with two attached hydrogens (primary N) is 1. The van der Waals surface area contributed by atoms with Crippen LogP contribution in [0.1, 0.15) is 6.42 Å². The maximum Gasteiger partial charge on any atom is 0.321 e. The molecule has 0 aromatic rings. The molecule has 0 saturated heterocycles. The fraction of sp³-hybridized carbons (Fsp3) is 0.556. The molecule has 8 heteroatoms. The molecule has 0 rings (SSSR count). The number of methoxy groups -OCH3 is 1. The fourth-order valence-electron chi connectivity index (χ4n) is 1.01. The largest absolute Gasteiger partial charge is 0.398 e. The first-order valence-corrected chi connectivity index (χ1v) is 4.70. The molecule has 0 aliphatic rings. The molecule has 0 aromatic carbocycles. The third-order valence-corrected chi connectivity index (χ3v) is 1.73. The van der Waals surface area contributed by atoms with Crippen molar-refractivity contribution in [3.05, 3.63) is 0 Å². The Kier molecular flexibility index (Phi) is 7.05. The van der Waals surface area contributed by atoms with Gasteiger partial charge in [0.05, 0.1) is 0 Å². The zero-order valence-electron chi connectivity index (χ0n) is 9.67. The van der Waals surface area contributed by atoms with E-state index >= 15 is 0 Å². The van der Waals surface area contributed by atoms with E-state index in [1.54, 1.807) is 0 Å². The molecule has 0 saturated carbocycles. The average molecular weight is 242 g/mol. The highest BCUT2D eigenvalue weighted by atomic mass is 16.6. The SMILES string of the molecule is COCCCN(C(N)=O)C(=O)C(C#N)=NOC. The summed E-state index contributed by atoms with van der Waals surface area (Å²) in [5.74, 6) is -0.891. The molecule has 0 unspecified atom stereocenters. The van der Waals surface area contributed by atoms with Crippen LogP contribution in [0.4, 0.5) is 4.79 Å². The van der Waals surface area contributed by atoms with Crippen LogP contribution in [0.5, 0.6) is 0 Å². The minimum atomic E-state index is -0.954. The van der Waals surface area contributed by atoms with Crippen molar-refractivity contribution >= 4 is 17.6 Å². The van der Waals surface area contributed by atoms with E-state index in [0.717, 1.165) is 0 Å². The number of amides is 3. The third-order valence-electron chi connectivity index (χ3n) is 1.73. The lowest BCUT2D eigenvalue weighted by Gasteiger charge is -2.16. The molecule has 17 heavy (non-hydrogen) atoms. The molecule has 0 bridgehead atoms. The van der Waals surface area contributed by atoms with Gasteiger partial charge in [-0.05, 0) is 6.42 Å². The first-order valence-electron chi connectivity index (χ1n) is 4.70. The lowest BCUT2D eigenvalue weighted by atomic mass is 10.3. The van der Waals surface area contributed by atoms with Crippen molar-refractivity contribution in [3.8, 4) is 6.07 Å². The van der Waals surface area contributed by atoms with E-state index in [9.17, 15) is 9.59 Å². The molecule has 2 N–H and O–H groups in total. The summed E-state index contributed by atoms with van der Waals surface area (Å²) in [4.78, 5) is 27.7. The van der Waals surface area contributed by atoms with Gasteiger partial charge in [0, 0.05) is 20.3 Å². The molecule has 0 fully saturated rings. The van der Waals surface area contributed by atoms with E-state index in [0.29, 0.717) is 17.9 Å². The Morgan fingerprint density at radius 1 is 1.47 bits per heavy atom. The number of ether oxygens (including phenoxy) is 1. The van der Waals surface area contributed by atoms with E-state index in [2.05, 4.69) is 9.99 Å². The van der Waals surface area contributed by atoms with E-state index in [4.69, 9.17) is 15.7 Å². The number of rotatable bonds is 6. The molecule has 0 aliphatic heterocycles. The molecule has 0 aromatic heterocycles. The molecule has 94 valence electrons. The van der Waals surface area contributed by atoms with Gasteiger partial charge in [0.25, 0.3) is 5.91 Å². The lowest BCUT2D eigenvalue weighted by Crippen LogP contribution is -2.44. The normalized spacial score (nSPS) is 10.5. The van der Waals surface area contributed by atoms with E-state index in [1.165, 1.54) is 20.3 Å². The topological polar surface area (TPSA) is 118 Å². The van der Waals surface area contributed by atoms with Crippen molar-refractivity contribution in [2.45, 2.75) is 6.42 Å². The van der Waals surface area contributed by atoms with Gasteiger partial charge >= 0.3 is 6.03 Å². The number of nitriles is 1. The molecule has 3 amide bonds. The predicted molar refractivity (Wildman–Crippen MR) is 57.8 cm³/mol. The standard InChI is InChI=1S/C9H14N4O4/c1-16-5-3-4-13(9(11)15)8(14)7(6-10)12-17-2/h3-5H2,1-2H3,(H2,11,15). The van der Waals surface area contributed by atoms with Gasteiger partial charge in [-0.25, -0.2) is 4.79 Å². The van der Waals surface area contributed by atoms with E-state index in [1.807, 2.05) is 0 Å². The van der Waals surface area contributed by atoms with Crippen molar-refractivity contribution in [3.63, 3.8) is 0 Å². The second-order valence-corrected chi connectivity index (χ2v) is 2.88. The highest BCUT2D eigenvalue weighted by Gasteiger charge is 2.24. The first-order chi connectivity index (χ1) is 8.08. The van der Waals surface area contributed by atoms with Crippen LogP contribution in [0, 0.1) is 11.3 Å². The zero-order valence-corrected chi connectivity index (χ0v) is 9.67. The van der Waals surface area contributed by atoms with Gasteiger partial charge < -0.3 is 15.3 Å². The highest BCUT2D eigenvalue weighted by molar-refractivity contribution is 6.46. The first kappa shape index (κ1) is 14.9. The molecular formula is C9H14N4O4.